The Bertz CT molecular complexity index is 1040. The molecule has 0 bridgehead atoms. The molecule has 1 atom stereocenters. The summed E-state index contributed by atoms with van der Waals surface area (Å²) in [7, 11) is 0. The lowest BCUT2D eigenvalue weighted by Crippen LogP contribution is -2.46. The zero-order chi connectivity index (χ0) is 25.9. The van der Waals surface area contributed by atoms with Crippen LogP contribution in [0.4, 0.5) is 4.79 Å². The Morgan fingerprint density at radius 3 is 2.17 bits per heavy atom. The minimum absolute atomic E-state index is 0.00859. The first-order valence-electron chi connectivity index (χ1n) is 12.3. The predicted molar refractivity (Wildman–Crippen MR) is 134 cm³/mol. The van der Waals surface area contributed by atoms with Gasteiger partial charge in [-0.15, -0.1) is 0 Å². The Morgan fingerprint density at radius 1 is 0.917 bits per heavy atom. The molecular weight excluding hydrogens is 462 g/mol. The molecule has 3 amide bonds. The average Bonchev–Trinajstić information content (AvgIpc) is 3.19. The number of hydrogen-bond donors (Lipinski definition) is 4. The van der Waals surface area contributed by atoms with Crippen LogP contribution in [0.15, 0.2) is 48.5 Å². The molecule has 0 radical (unpaired) electrons. The number of carbonyl (C=O) groups excluding carboxylic acids is 3. The van der Waals surface area contributed by atoms with Crippen molar-refractivity contribution in [2.45, 2.75) is 51.0 Å². The molecule has 0 saturated heterocycles. The summed E-state index contributed by atoms with van der Waals surface area (Å²) in [5, 5.41) is 16.7. The standard InChI is InChI=1S/C27H33N3O6/c1-2-28-26(34)23(30-24(31)14-15-25(32)33)13-7-8-16-29-27(35)36-17-22-20-11-5-3-9-18(20)19-10-4-6-12-21(19)22/h3-6,9-12,22-23H,2,7-8,13-17H2,1H3,(H,28,34)(H,29,35)(H,30,31)(H,32,33). The van der Waals surface area contributed by atoms with Crippen molar-refractivity contribution in [3.8, 4) is 11.1 Å². The van der Waals surface area contributed by atoms with Gasteiger partial charge in [0.15, 0.2) is 0 Å². The maximum atomic E-state index is 12.3. The number of alkyl carbamates (subject to hydrolysis) is 1. The Labute approximate surface area is 210 Å². The minimum atomic E-state index is -1.07. The van der Waals surface area contributed by atoms with E-state index in [2.05, 4.69) is 40.2 Å². The van der Waals surface area contributed by atoms with Crippen molar-refractivity contribution >= 4 is 23.9 Å². The summed E-state index contributed by atoms with van der Waals surface area (Å²) in [6.07, 6.45) is 0.554. The van der Waals surface area contributed by atoms with Gasteiger partial charge in [-0.2, -0.15) is 0 Å². The number of rotatable bonds is 13. The molecule has 0 heterocycles. The first-order chi connectivity index (χ1) is 17.4. The van der Waals surface area contributed by atoms with E-state index in [9.17, 15) is 19.2 Å². The van der Waals surface area contributed by atoms with E-state index in [0.29, 0.717) is 32.4 Å². The van der Waals surface area contributed by atoms with Crippen LogP contribution in [0.3, 0.4) is 0 Å². The molecule has 1 aliphatic rings. The number of hydrogen-bond acceptors (Lipinski definition) is 5. The minimum Gasteiger partial charge on any atom is -0.481 e. The Morgan fingerprint density at radius 2 is 1.56 bits per heavy atom. The van der Waals surface area contributed by atoms with Gasteiger partial charge in [0.1, 0.15) is 12.6 Å². The fourth-order valence-corrected chi connectivity index (χ4v) is 4.37. The number of aliphatic carboxylic acids is 1. The highest BCUT2D eigenvalue weighted by Crippen LogP contribution is 2.44. The van der Waals surface area contributed by atoms with Crippen LogP contribution in [0.1, 0.15) is 56.1 Å². The lowest BCUT2D eigenvalue weighted by atomic mass is 9.98. The molecule has 4 N–H and O–H groups in total. The lowest BCUT2D eigenvalue weighted by Gasteiger charge is -2.18. The van der Waals surface area contributed by atoms with Crippen molar-refractivity contribution in [1.82, 2.24) is 16.0 Å². The molecule has 0 saturated carbocycles. The summed E-state index contributed by atoms with van der Waals surface area (Å²) >= 11 is 0. The summed E-state index contributed by atoms with van der Waals surface area (Å²) in [6.45, 7) is 2.80. The number of nitrogens with one attached hydrogen (secondary N) is 3. The molecule has 9 nitrogen and oxygen atoms in total. The Hall–Kier alpha value is -3.88. The quantitative estimate of drug-likeness (QED) is 0.316. The van der Waals surface area contributed by atoms with Gasteiger partial charge < -0.3 is 25.8 Å². The van der Waals surface area contributed by atoms with Crippen molar-refractivity contribution in [3.05, 3.63) is 59.7 Å². The fraction of sp³-hybridized carbons (Fsp3) is 0.407. The second-order valence-corrected chi connectivity index (χ2v) is 8.66. The number of fused-ring (bicyclic) bond motifs is 3. The molecule has 2 aromatic rings. The van der Waals surface area contributed by atoms with E-state index in [0.717, 1.165) is 11.1 Å². The number of carboxylic acids is 1. The van der Waals surface area contributed by atoms with Crippen molar-refractivity contribution in [3.63, 3.8) is 0 Å². The number of ether oxygens (including phenoxy) is 1. The molecule has 2 aromatic carbocycles. The van der Waals surface area contributed by atoms with Crippen LogP contribution < -0.4 is 16.0 Å². The topological polar surface area (TPSA) is 134 Å². The lowest BCUT2D eigenvalue weighted by molar-refractivity contribution is -0.139. The summed E-state index contributed by atoms with van der Waals surface area (Å²) in [5.41, 5.74) is 4.62. The van der Waals surface area contributed by atoms with Gasteiger partial charge in [-0.25, -0.2) is 4.79 Å². The number of carboxylic acid groups (broad SMARTS) is 1. The van der Waals surface area contributed by atoms with Crippen molar-refractivity contribution in [1.29, 1.82) is 0 Å². The van der Waals surface area contributed by atoms with Gasteiger partial charge in [0, 0.05) is 25.4 Å². The first-order valence-corrected chi connectivity index (χ1v) is 12.3. The molecule has 3 rings (SSSR count). The third-order valence-electron chi connectivity index (χ3n) is 6.10. The molecule has 192 valence electrons. The monoisotopic (exact) mass is 495 g/mol. The number of carbonyl (C=O) groups is 4. The number of benzene rings is 2. The van der Waals surface area contributed by atoms with Crippen molar-refractivity contribution < 1.29 is 29.0 Å². The average molecular weight is 496 g/mol. The van der Waals surface area contributed by atoms with E-state index in [-0.39, 0.29) is 31.3 Å². The summed E-state index contributed by atoms with van der Waals surface area (Å²) < 4.78 is 5.52. The number of unbranched alkanes of at least 4 members (excludes halogenated alkanes) is 1. The van der Waals surface area contributed by atoms with E-state index >= 15 is 0 Å². The van der Waals surface area contributed by atoms with Crippen molar-refractivity contribution in [2.24, 2.45) is 0 Å². The largest absolute Gasteiger partial charge is 0.481 e. The molecule has 0 aromatic heterocycles. The zero-order valence-corrected chi connectivity index (χ0v) is 20.4. The van der Waals surface area contributed by atoms with Gasteiger partial charge in [0.2, 0.25) is 11.8 Å². The second kappa shape index (κ2) is 13.3. The van der Waals surface area contributed by atoms with Crippen LogP contribution in [-0.2, 0) is 19.1 Å². The molecule has 0 aliphatic heterocycles. The van der Waals surface area contributed by atoms with Gasteiger partial charge in [0.25, 0.3) is 0 Å². The molecular formula is C27H33N3O6. The van der Waals surface area contributed by atoms with Gasteiger partial charge in [-0.05, 0) is 48.4 Å². The molecule has 0 spiro atoms. The molecule has 36 heavy (non-hydrogen) atoms. The third-order valence-corrected chi connectivity index (χ3v) is 6.10. The number of amides is 3. The zero-order valence-electron chi connectivity index (χ0n) is 20.4. The smallest absolute Gasteiger partial charge is 0.407 e. The van der Waals surface area contributed by atoms with Crippen LogP contribution in [0.5, 0.6) is 0 Å². The maximum absolute atomic E-state index is 12.3. The van der Waals surface area contributed by atoms with Gasteiger partial charge in [-0.3, -0.25) is 14.4 Å². The van der Waals surface area contributed by atoms with Gasteiger partial charge in [-0.1, -0.05) is 48.5 Å². The number of likely N-dealkylation sites (N-methyl/N-ethyl adjacent to an activating group) is 1. The second-order valence-electron chi connectivity index (χ2n) is 8.66. The Balaban J connectivity index is 1.41. The van der Waals surface area contributed by atoms with E-state index < -0.39 is 24.0 Å². The van der Waals surface area contributed by atoms with E-state index in [1.54, 1.807) is 6.92 Å². The SMILES string of the molecule is CCNC(=O)C(CCCCNC(=O)OCC1c2ccccc2-c2ccccc21)NC(=O)CCC(=O)O. The molecule has 1 unspecified atom stereocenters. The highest BCUT2D eigenvalue weighted by atomic mass is 16.5. The normalized spacial score (nSPS) is 12.7. The van der Waals surface area contributed by atoms with Crippen LogP contribution >= 0.6 is 0 Å². The summed E-state index contributed by atoms with van der Waals surface area (Å²) in [6, 6.07) is 15.5. The van der Waals surface area contributed by atoms with E-state index in [1.165, 1.54) is 11.1 Å². The van der Waals surface area contributed by atoms with E-state index in [1.807, 2.05) is 24.3 Å². The van der Waals surface area contributed by atoms with Crippen LogP contribution in [0.25, 0.3) is 11.1 Å². The third kappa shape index (κ3) is 7.31. The van der Waals surface area contributed by atoms with E-state index in [4.69, 9.17) is 9.84 Å². The fourth-order valence-electron chi connectivity index (χ4n) is 4.37. The Kier molecular flexibility index (Phi) is 9.85. The molecule has 0 fully saturated rings. The van der Waals surface area contributed by atoms with Gasteiger partial charge >= 0.3 is 12.1 Å². The first kappa shape index (κ1) is 26.7. The predicted octanol–water partition coefficient (Wildman–Crippen LogP) is 3.18. The maximum Gasteiger partial charge on any atom is 0.407 e. The highest BCUT2D eigenvalue weighted by molar-refractivity contribution is 5.88. The molecule has 1 aliphatic carbocycles. The van der Waals surface area contributed by atoms with Crippen LogP contribution in [0.2, 0.25) is 0 Å². The van der Waals surface area contributed by atoms with Gasteiger partial charge in [0.05, 0.1) is 6.42 Å². The van der Waals surface area contributed by atoms with Crippen molar-refractivity contribution in [2.75, 3.05) is 19.7 Å². The highest BCUT2D eigenvalue weighted by Gasteiger charge is 2.29. The van der Waals surface area contributed by atoms with Crippen LogP contribution in [0, 0.1) is 0 Å². The summed E-state index contributed by atoms with van der Waals surface area (Å²) in [4.78, 5) is 47.1. The van der Waals surface area contributed by atoms with Crippen LogP contribution in [-0.4, -0.2) is 54.7 Å². The summed E-state index contributed by atoms with van der Waals surface area (Å²) in [5.74, 6) is -1.87. The molecule has 9 heteroatoms.